The molecule has 0 unspecified atom stereocenters. The van der Waals surface area contributed by atoms with E-state index >= 15 is 0 Å². The van der Waals surface area contributed by atoms with Crippen LogP contribution in [-0.4, -0.2) is 4.57 Å². The van der Waals surface area contributed by atoms with Gasteiger partial charge in [0, 0.05) is 28.0 Å². The Morgan fingerprint density at radius 3 is 2.30 bits per heavy atom. The molecule has 0 saturated carbocycles. The van der Waals surface area contributed by atoms with E-state index in [1.807, 2.05) is 0 Å². The van der Waals surface area contributed by atoms with Crippen molar-refractivity contribution in [2.75, 3.05) is 5.32 Å². The molecule has 1 aliphatic rings. The van der Waals surface area contributed by atoms with Gasteiger partial charge in [-0.05, 0) is 60.0 Å². The maximum Gasteiger partial charge on any atom is 0.0537 e. The van der Waals surface area contributed by atoms with Gasteiger partial charge in [-0.15, -0.1) is 0 Å². The average molecular weight is 425 g/mol. The highest BCUT2D eigenvalue weighted by atomic mass is 15.0. The first-order valence-electron chi connectivity index (χ1n) is 11.4. The Morgan fingerprint density at radius 1 is 0.667 bits per heavy atom. The number of rotatable bonds is 4. The topological polar surface area (TPSA) is 17.0 Å². The smallest absolute Gasteiger partial charge is 0.0537 e. The summed E-state index contributed by atoms with van der Waals surface area (Å²) >= 11 is 0. The molecule has 158 valence electrons. The van der Waals surface area contributed by atoms with Gasteiger partial charge in [0.05, 0.1) is 11.2 Å². The second-order valence-electron chi connectivity index (χ2n) is 8.29. The van der Waals surface area contributed by atoms with Gasteiger partial charge in [0.25, 0.3) is 0 Å². The lowest BCUT2D eigenvalue weighted by Gasteiger charge is -2.14. The van der Waals surface area contributed by atoms with E-state index in [1.54, 1.807) is 0 Å². The van der Waals surface area contributed by atoms with Gasteiger partial charge in [0.2, 0.25) is 0 Å². The SMILES string of the molecule is C1=CCc2c(n(-c3ccc(Nc4ccccc4-c4ccccc4)cc3)c3ccccc23)C=C1. The van der Waals surface area contributed by atoms with Gasteiger partial charge in [-0.3, -0.25) is 0 Å². The van der Waals surface area contributed by atoms with E-state index in [1.165, 1.54) is 39.0 Å². The summed E-state index contributed by atoms with van der Waals surface area (Å²) in [6, 6.07) is 36.4. The summed E-state index contributed by atoms with van der Waals surface area (Å²) in [5.41, 5.74) is 9.64. The Labute approximate surface area is 194 Å². The van der Waals surface area contributed by atoms with Crippen molar-refractivity contribution in [1.29, 1.82) is 0 Å². The molecule has 0 radical (unpaired) electrons. The fourth-order valence-electron chi connectivity index (χ4n) is 4.72. The third kappa shape index (κ3) is 3.56. The maximum atomic E-state index is 3.62. The van der Waals surface area contributed by atoms with Crippen molar-refractivity contribution < 1.29 is 0 Å². The van der Waals surface area contributed by atoms with Gasteiger partial charge >= 0.3 is 0 Å². The number of benzene rings is 4. The molecule has 33 heavy (non-hydrogen) atoms. The van der Waals surface area contributed by atoms with Crippen LogP contribution in [0.15, 0.2) is 121 Å². The highest BCUT2D eigenvalue weighted by Crippen LogP contribution is 2.34. The molecular formula is C31H24N2. The van der Waals surface area contributed by atoms with Gasteiger partial charge < -0.3 is 9.88 Å². The number of anilines is 2. The Bertz CT molecular complexity index is 1490. The summed E-state index contributed by atoms with van der Waals surface area (Å²) in [7, 11) is 0. The quantitative estimate of drug-likeness (QED) is 0.308. The van der Waals surface area contributed by atoms with Crippen LogP contribution in [0, 0.1) is 0 Å². The molecular weight excluding hydrogens is 400 g/mol. The molecule has 5 aromatic rings. The zero-order chi connectivity index (χ0) is 22.0. The van der Waals surface area contributed by atoms with E-state index in [0.29, 0.717) is 0 Å². The Kier molecular flexibility index (Phi) is 4.89. The number of nitrogens with zero attached hydrogens (tertiary/aromatic N) is 1. The number of allylic oxidation sites excluding steroid dienone is 3. The third-order valence-corrected chi connectivity index (χ3v) is 6.26. The van der Waals surface area contributed by atoms with E-state index in [9.17, 15) is 0 Å². The predicted molar refractivity (Wildman–Crippen MR) is 140 cm³/mol. The van der Waals surface area contributed by atoms with Crippen LogP contribution in [0.2, 0.25) is 0 Å². The summed E-state index contributed by atoms with van der Waals surface area (Å²) in [6.45, 7) is 0. The van der Waals surface area contributed by atoms with E-state index in [-0.39, 0.29) is 0 Å². The highest BCUT2D eigenvalue weighted by molar-refractivity contribution is 5.91. The molecule has 4 aromatic carbocycles. The van der Waals surface area contributed by atoms with Crippen molar-refractivity contribution in [1.82, 2.24) is 4.57 Å². The Balaban J connectivity index is 1.38. The molecule has 1 heterocycles. The van der Waals surface area contributed by atoms with E-state index in [4.69, 9.17) is 0 Å². The zero-order valence-corrected chi connectivity index (χ0v) is 18.3. The molecule has 0 bridgehead atoms. The van der Waals surface area contributed by atoms with Crippen LogP contribution in [0.1, 0.15) is 11.3 Å². The fourth-order valence-corrected chi connectivity index (χ4v) is 4.72. The fraction of sp³-hybridized carbons (Fsp3) is 0.0323. The summed E-state index contributed by atoms with van der Waals surface area (Å²) in [5, 5.41) is 4.94. The van der Waals surface area contributed by atoms with E-state index < -0.39 is 0 Å². The van der Waals surface area contributed by atoms with Crippen LogP contribution in [0.5, 0.6) is 0 Å². The molecule has 0 saturated heterocycles. The summed E-state index contributed by atoms with van der Waals surface area (Å²) in [6.07, 6.45) is 9.68. The van der Waals surface area contributed by atoms with Crippen molar-refractivity contribution in [2.24, 2.45) is 0 Å². The van der Waals surface area contributed by atoms with Crippen molar-refractivity contribution >= 4 is 28.4 Å². The number of hydrogen-bond donors (Lipinski definition) is 1. The van der Waals surface area contributed by atoms with E-state index in [0.717, 1.165) is 17.8 Å². The minimum absolute atomic E-state index is 0.950. The first kappa shape index (κ1) is 19.4. The van der Waals surface area contributed by atoms with Crippen molar-refractivity contribution in [2.45, 2.75) is 6.42 Å². The third-order valence-electron chi connectivity index (χ3n) is 6.26. The van der Waals surface area contributed by atoms with Crippen molar-refractivity contribution in [3.8, 4) is 16.8 Å². The molecule has 2 nitrogen and oxygen atoms in total. The summed E-state index contributed by atoms with van der Waals surface area (Å²) in [5.74, 6) is 0. The number of nitrogens with one attached hydrogen (secondary N) is 1. The first-order valence-corrected chi connectivity index (χ1v) is 11.4. The minimum Gasteiger partial charge on any atom is -0.355 e. The second-order valence-corrected chi connectivity index (χ2v) is 8.29. The van der Waals surface area contributed by atoms with Gasteiger partial charge in [-0.1, -0.05) is 85.0 Å². The summed E-state index contributed by atoms with van der Waals surface area (Å²) < 4.78 is 2.37. The molecule has 1 aromatic heterocycles. The van der Waals surface area contributed by atoms with Gasteiger partial charge in [-0.2, -0.15) is 0 Å². The Hall–Kier alpha value is -4.30. The lowest BCUT2D eigenvalue weighted by molar-refractivity contribution is 1.09. The molecule has 2 heteroatoms. The molecule has 6 rings (SSSR count). The molecule has 0 amide bonds. The molecule has 1 N–H and O–H groups in total. The highest BCUT2D eigenvalue weighted by Gasteiger charge is 2.16. The van der Waals surface area contributed by atoms with Gasteiger partial charge in [-0.25, -0.2) is 0 Å². The lowest BCUT2D eigenvalue weighted by Crippen LogP contribution is -1.98. The Morgan fingerprint density at radius 2 is 1.42 bits per heavy atom. The normalized spacial score (nSPS) is 12.5. The van der Waals surface area contributed by atoms with Gasteiger partial charge in [0.1, 0.15) is 0 Å². The number of para-hydroxylation sites is 2. The molecule has 0 fully saturated rings. The number of hydrogen-bond acceptors (Lipinski definition) is 1. The average Bonchev–Trinajstić information content (AvgIpc) is 3.01. The minimum atomic E-state index is 0.950. The molecule has 0 aliphatic heterocycles. The lowest BCUT2D eigenvalue weighted by atomic mass is 10.0. The van der Waals surface area contributed by atoms with Crippen LogP contribution in [-0.2, 0) is 6.42 Å². The largest absolute Gasteiger partial charge is 0.355 e. The number of aromatic nitrogens is 1. The first-order chi connectivity index (χ1) is 16.4. The van der Waals surface area contributed by atoms with Crippen LogP contribution >= 0.6 is 0 Å². The monoisotopic (exact) mass is 424 g/mol. The van der Waals surface area contributed by atoms with E-state index in [2.05, 4.69) is 137 Å². The second kappa shape index (κ2) is 8.33. The number of fused-ring (bicyclic) bond motifs is 3. The maximum absolute atomic E-state index is 3.62. The van der Waals surface area contributed by atoms with Crippen LogP contribution in [0.3, 0.4) is 0 Å². The zero-order valence-electron chi connectivity index (χ0n) is 18.3. The molecule has 0 atom stereocenters. The van der Waals surface area contributed by atoms with Gasteiger partial charge in [0.15, 0.2) is 0 Å². The van der Waals surface area contributed by atoms with Crippen molar-refractivity contribution in [3.05, 3.63) is 133 Å². The predicted octanol–water partition coefficient (Wildman–Crippen LogP) is 8.17. The standard InChI is InChI=1S/C31H24N2/c1-3-11-23(12-4-1)26-13-7-9-16-29(26)32-24-19-21-25(22-20-24)33-30-17-6-2-5-14-27(30)28-15-8-10-18-31(28)33/h1-13,15-22,32H,14H2. The summed E-state index contributed by atoms with van der Waals surface area (Å²) in [4.78, 5) is 0. The molecule has 1 aliphatic carbocycles. The molecule has 0 spiro atoms. The van der Waals surface area contributed by atoms with Crippen LogP contribution < -0.4 is 5.32 Å². The van der Waals surface area contributed by atoms with Crippen molar-refractivity contribution in [3.63, 3.8) is 0 Å². The van der Waals surface area contributed by atoms with Crippen LogP contribution in [0.4, 0.5) is 11.4 Å². The van der Waals surface area contributed by atoms with Crippen LogP contribution in [0.25, 0.3) is 33.8 Å².